The molecule has 31 heavy (non-hydrogen) atoms. The highest BCUT2D eigenvalue weighted by atomic mass is 32.2. The summed E-state index contributed by atoms with van der Waals surface area (Å²) < 4.78 is 41.2. The third kappa shape index (κ3) is 5.26. The minimum atomic E-state index is -4.10. The normalized spacial score (nSPS) is 10.9. The monoisotopic (exact) mass is 441 g/mol. The first-order valence-corrected chi connectivity index (χ1v) is 10.7. The molecule has 0 bridgehead atoms. The van der Waals surface area contributed by atoms with E-state index in [1.54, 1.807) is 38.4 Å². The zero-order valence-corrected chi connectivity index (χ0v) is 17.6. The highest BCUT2D eigenvalue weighted by molar-refractivity contribution is 7.92. The molecule has 7 nitrogen and oxygen atoms in total. The van der Waals surface area contributed by atoms with Crippen LogP contribution in [-0.4, -0.2) is 39.2 Å². The molecule has 0 atom stereocenters. The summed E-state index contributed by atoms with van der Waals surface area (Å²) in [5.41, 5.74) is 0.822. The zero-order valence-electron chi connectivity index (χ0n) is 16.8. The van der Waals surface area contributed by atoms with Crippen LogP contribution in [0.3, 0.4) is 0 Å². The second-order valence-electron chi connectivity index (χ2n) is 6.84. The van der Waals surface area contributed by atoms with E-state index < -0.39 is 21.7 Å². The minimum Gasteiger partial charge on any atom is -0.345 e. The van der Waals surface area contributed by atoms with Gasteiger partial charge in [0, 0.05) is 30.9 Å². The lowest BCUT2D eigenvalue weighted by Gasteiger charge is -2.12. The van der Waals surface area contributed by atoms with E-state index in [2.05, 4.69) is 10.0 Å². The van der Waals surface area contributed by atoms with Gasteiger partial charge in [-0.05, 0) is 54.6 Å². The minimum absolute atomic E-state index is 0.102. The molecule has 0 aromatic heterocycles. The Hall–Kier alpha value is -3.72. The molecule has 3 aromatic carbocycles. The average Bonchev–Trinajstić information content (AvgIpc) is 2.75. The summed E-state index contributed by atoms with van der Waals surface area (Å²) in [6, 6.07) is 17.1. The molecule has 160 valence electrons. The van der Waals surface area contributed by atoms with Crippen molar-refractivity contribution in [2.24, 2.45) is 0 Å². The van der Waals surface area contributed by atoms with Gasteiger partial charge in [-0.1, -0.05) is 18.2 Å². The number of para-hydroxylation sites is 1. The number of halogens is 1. The van der Waals surface area contributed by atoms with Crippen LogP contribution in [0.2, 0.25) is 0 Å². The molecule has 0 spiro atoms. The van der Waals surface area contributed by atoms with Crippen molar-refractivity contribution in [3.63, 3.8) is 0 Å². The topological polar surface area (TPSA) is 95.6 Å². The van der Waals surface area contributed by atoms with Crippen LogP contribution in [0.1, 0.15) is 20.7 Å². The predicted octanol–water partition coefficient (Wildman–Crippen LogP) is 3.58. The third-order valence-electron chi connectivity index (χ3n) is 4.32. The van der Waals surface area contributed by atoms with Gasteiger partial charge in [0.15, 0.2) is 0 Å². The van der Waals surface area contributed by atoms with E-state index in [0.717, 1.165) is 6.07 Å². The van der Waals surface area contributed by atoms with Crippen molar-refractivity contribution in [2.45, 2.75) is 4.90 Å². The molecule has 0 saturated heterocycles. The number of nitrogens with zero attached hydrogens (tertiary/aromatic N) is 1. The molecule has 0 aliphatic heterocycles. The maximum absolute atomic E-state index is 13.8. The number of carbonyl (C=O) groups is 2. The molecule has 0 unspecified atom stereocenters. The van der Waals surface area contributed by atoms with Gasteiger partial charge in [-0.2, -0.15) is 0 Å². The lowest BCUT2D eigenvalue weighted by atomic mass is 10.1. The Labute approximate surface area is 179 Å². The maximum atomic E-state index is 13.8. The van der Waals surface area contributed by atoms with E-state index in [1.807, 2.05) is 0 Å². The quantitative estimate of drug-likeness (QED) is 0.611. The molecule has 2 amide bonds. The van der Waals surface area contributed by atoms with Gasteiger partial charge in [0.25, 0.3) is 21.8 Å². The Morgan fingerprint density at radius 2 is 1.55 bits per heavy atom. The molecular weight excluding hydrogens is 421 g/mol. The zero-order chi connectivity index (χ0) is 22.6. The second kappa shape index (κ2) is 8.97. The van der Waals surface area contributed by atoms with Crippen LogP contribution in [0.4, 0.5) is 15.8 Å². The third-order valence-corrected chi connectivity index (χ3v) is 5.68. The predicted molar refractivity (Wildman–Crippen MR) is 116 cm³/mol. The summed E-state index contributed by atoms with van der Waals surface area (Å²) in [6.07, 6.45) is 0. The number of nitrogens with one attached hydrogen (secondary N) is 2. The summed E-state index contributed by atoms with van der Waals surface area (Å²) in [6.45, 7) is 0. The van der Waals surface area contributed by atoms with Crippen molar-refractivity contribution in [3.05, 3.63) is 89.7 Å². The van der Waals surface area contributed by atoms with E-state index in [-0.39, 0.29) is 22.1 Å². The van der Waals surface area contributed by atoms with Crippen LogP contribution < -0.4 is 10.0 Å². The highest BCUT2D eigenvalue weighted by Gasteiger charge is 2.18. The molecule has 0 aliphatic carbocycles. The summed E-state index contributed by atoms with van der Waals surface area (Å²) >= 11 is 0. The highest BCUT2D eigenvalue weighted by Crippen LogP contribution is 2.20. The largest absolute Gasteiger partial charge is 0.345 e. The molecule has 0 heterocycles. The second-order valence-corrected chi connectivity index (χ2v) is 8.53. The van der Waals surface area contributed by atoms with Crippen molar-refractivity contribution >= 4 is 33.2 Å². The fourth-order valence-electron chi connectivity index (χ4n) is 2.71. The lowest BCUT2D eigenvalue weighted by Crippen LogP contribution is -2.21. The van der Waals surface area contributed by atoms with E-state index in [1.165, 1.54) is 47.4 Å². The fraction of sp³-hybridized carbons (Fsp3) is 0.0909. The first-order valence-electron chi connectivity index (χ1n) is 9.18. The molecule has 3 rings (SSSR count). The van der Waals surface area contributed by atoms with Gasteiger partial charge in [0.05, 0.1) is 10.6 Å². The maximum Gasteiger partial charge on any atom is 0.262 e. The smallest absolute Gasteiger partial charge is 0.262 e. The van der Waals surface area contributed by atoms with Crippen molar-refractivity contribution in [3.8, 4) is 0 Å². The van der Waals surface area contributed by atoms with Gasteiger partial charge in [-0.3, -0.25) is 14.3 Å². The number of benzene rings is 3. The van der Waals surface area contributed by atoms with Crippen LogP contribution in [0, 0.1) is 5.82 Å². The van der Waals surface area contributed by atoms with Crippen molar-refractivity contribution in [2.75, 3.05) is 24.1 Å². The summed E-state index contributed by atoms with van der Waals surface area (Å²) in [5.74, 6) is -1.41. The van der Waals surface area contributed by atoms with E-state index in [0.29, 0.717) is 11.3 Å². The van der Waals surface area contributed by atoms with Gasteiger partial charge in [0.1, 0.15) is 5.82 Å². The van der Waals surface area contributed by atoms with E-state index in [4.69, 9.17) is 0 Å². The van der Waals surface area contributed by atoms with Crippen molar-refractivity contribution in [1.29, 1.82) is 0 Å². The van der Waals surface area contributed by atoms with Crippen LogP contribution in [-0.2, 0) is 10.0 Å². The van der Waals surface area contributed by atoms with Crippen LogP contribution in [0.5, 0.6) is 0 Å². The number of rotatable bonds is 6. The Morgan fingerprint density at radius 3 is 2.19 bits per heavy atom. The summed E-state index contributed by atoms with van der Waals surface area (Å²) in [5, 5.41) is 2.65. The molecular formula is C22H20FN3O4S. The van der Waals surface area contributed by atoms with Crippen molar-refractivity contribution in [1.82, 2.24) is 4.90 Å². The van der Waals surface area contributed by atoms with Gasteiger partial charge in [-0.15, -0.1) is 0 Å². The van der Waals surface area contributed by atoms with Crippen LogP contribution >= 0.6 is 0 Å². The number of sulfonamides is 1. The van der Waals surface area contributed by atoms with E-state index >= 15 is 0 Å². The molecule has 0 radical (unpaired) electrons. The lowest BCUT2D eigenvalue weighted by molar-refractivity contribution is 0.0827. The van der Waals surface area contributed by atoms with E-state index in [9.17, 15) is 22.4 Å². The van der Waals surface area contributed by atoms with Gasteiger partial charge >= 0.3 is 0 Å². The average molecular weight is 441 g/mol. The molecule has 2 N–H and O–H groups in total. The summed E-state index contributed by atoms with van der Waals surface area (Å²) in [4.78, 5) is 25.8. The Kier molecular flexibility index (Phi) is 6.36. The van der Waals surface area contributed by atoms with Crippen LogP contribution in [0.25, 0.3) is 0 Å². The Balaban J connectivity index is 1.77. The first kappa shape index (κ1) is 22.0. The molecule has 0 saturated carbocycles. The van der Waals surface area contributed by atoms with Gasteiger partial charge in [-0.25, -0.2) is 12.8 Å². The number of anilines is 2. The molecule has 0 aliphatic rings. The number of hydrogen-bond donors (Lipinski definition) is 2. The Morgan fingerprint density at radius 1 is 0.871 bits per heavy atom. The number of carbonyl (C=O) groups excluding carboxylic acids is 2. The van der Waals surface area contributed by atoms with Gasteiger partial charge in [0.2, 0.25) is 0 Å². The fourth-order valence-corrected chi connectivity index (χ4v) is 3.82. The molecule has 3 aromatic rings. The first-order chi connectivity index (χ1) is 14.7. The summed E-state index contributed by atoms with van der Waals surface area (Å²) in [7, 11) is -0.822. The standard InChI is InChI=1S/C22H20FN3O4S/c1-26(2)22(28)15-10-12-17(13-11-15)24-21(27)16-6-5-7-18(14-16)31(29,30)25-20-9-4-3-8-19(20)23/h3-14,25H,1-2H3,(H,24,27). The molecule has 0 fully saturated rings. The Bertz CT molecular complexity index is 1230. The number of hydrogen-bond acceptors (Lipinski definition) is 4. The van der Waals surface area contributed by atoms with Crippen molar-refractivity contribution < 1.29 is 22.4 Å². The number of amides is 2. The van der Waals surface area contributed by atoms with Crippen LogP contribution in [0.15, 0.2) is 77.7 Å². The molecule has 9 heteroatoms. The SMILES string of the molecule is CN(C)C(=O)c1ccc(NC(=O)c2cccc(S(=O)(=O)Nc3ccccc3F)c2)cc1. The van der Waals surface area contributed by atoms with Gasteiger partial charge < -0.3 is 10.2 Å².